The van der Waals surface area contributed by atoms with Crippen molar-refractivity contribution < 1.29 is 0 Å². The minimum Gasteiger partial charge on any atom is -0.378 e. The van der Waals surface area contributed by atoms with Crippen molar-refractivity contribution in [1.82, 2.24) is 15.2 Å². The van der Waals surface area contributed by atoms with Crippen LogP contribution in [0, 0.1) is 0 Å². The van der Waals surface area contributed by atoms with Gasteiger partial charge < -0.3 is 15.5 Å². The summed E-state index contributed by atoms with van der Waals surface area (Å²) in [6.07, 6.45) is 2.55. The highest BCUT2D eigenvalue weighted by molar-refractivity contribution is 5.62. The lowest BCUT2D eigenvalue weighted by Gasteiger charge is -2.13. The summed E-state index contributed by atoms with van der Waals surface area (Å²) in [6, 6.07) is 16.2. The average molecular weight is 334 g/mol. The Labute approximate surface area is 147 Å². The van der Waals surface area contributed by atoms with Gasteiger partial charge in [-0.15, -0.1) is 5.10 Å². The molecule has 1 aromatic heterocycles. The van der Waals surface area contributed by atoms with E-state index in [1.165, 1.54) is 5.56 Å². The van der Waals surface area contributed by atoms with Crippen LogP contribution in [0.2, 0.25) is 0 Å². The predicted molar refractivity (Wildman–Crippen MR) is 103 cm³/mol. The van der Waals surface area contributed by atoms with Gasteiger partial charge in [0.15, 0.2) is 5.82 Å². The zero-order valence-electron chi connectivity index (χ0n) is 14.7. The van der Waals surface area contributed by atoms with Crippen molar-refractivity contribution in [3.63, 3.8) is 0 Å². The van der Waals surface area contributed by atoms with Crippen LogP contribution in [0.15, 0.2) is 54.7 Å². The normalized spacial score (nSPS) is 10.4. The van der Waals surface area contributed by atoms with Gasteiger partial charge in [0.1, 0.15) is 0 Å². The topological polar surface area (TPSA) is 66.0 Å². The second-order valence-electron chi connectivity index (χ2n) is 5.87. The highest BCUT2D eigenvalue weighted by Crippen LogP contribution is 2.21. The number of aryl methyl sites for hydroxylation is 1. The number of rotatable bonds is 6. The van der Waals surface area contributed by atoms with Crippen LogP contribution in [0.5, 0.6) is 0 Å². The Balaban J connectivity index is 1.75. The number of para-hydroxylation sites is 1. The highest BCUT2D eigenvalue weighted by atomic mass is 15.3. The number of anilines is 5. The van der Waals surface area contributed by atoms with E-state index in [9.17, 15) is 0 Å². The van der Waals surface area contributed by atoms with E-state index >= 15 is 0 Å². The van der Waals surface area contributed by atoms with Gasteiger partial charge in [-0.2, -0.15) is 10.1 Å². The molecular weight excluding hydrogens is 312 g/mol. The third kappa shape index (κ3) is 4.23. The third-order valence-corrected chi connectivity index (χ3v) is 3.86. The number of aromatic nitrogens is 3. The van der Waals surface area contributed by atoms with Crippen LogP contribution in [-0.4, -0.2) is 29.3 Å². The van der Waals surface area contributed by atoms with Crippen molar-refractivity contribution >= 4 is 28.8 Å². The number of nitrogens with one attached hydrogen (secondary N) is 2. The smallest absolute Gasteiger partial charge is 0.249 e. The average Bonchev–Trinajstić information content (AvgIpc) is 2.63. The van der Waals surface area contributed by atoms with Crippen molar-refractivity contribution in [3.8, 4) is 0 Å². The van der Waals surface area contributed by atoms with Gasteiger partial charge in [0.25, 0.3) is 0 Å². The summed E-state index contributed by atoms with van der Waals surface area (Å²) in [5.41, 5.74) is 4.30. The van der Waals surface area contributed by atoms with Gasteiger partial charge in [-0.05, 0) is 42.3 Å². The van der Waals surface area contributed by atoms with Crippen molar-refractivity contribution in [1.29, 1.82) is 0 Å². The van der Waals surface area contributed by atoms with Crippen LogP contribution in [0.25, 0.3) is 0 Å². The van der Waals surface area contributed by atoms with E-state index in [0.717, 1.165) is 23.5 Å². The molecule has 6 nitrogen and oxygen atoms in total. The molecule has 2 aromatic carbocycles. The lowest BCUT2D eigenvalue weighted by molar-refractivity contribution is 0.980. The van der Waals surface area contributed by atoms with E-state index in [1.807, 2.05) is 56.6 Å². The molecule has 0 fully saturated rings. The Morgan fingerprint density at radius 1 is 0.960 bits per heavy atom. The molecule has 0 aliphatic rings. The minimum absolute atomic E-state index is 0.468. The van der Waals surface area contributed by atoms with E-state index in [2.05, 4.69) is 43.7 Å². The van der Waals surface area contributed by atoms with E-state index in [1.54, 1.807) is 6.20 Å². The molecule has 0 atom stereocenters. The predicted octanol–water partition coefficient (Wildman–Crippen LogP) is 3.99. The number of hydrogen-bond donors (Lipinski definition) is 2. The van der Waals surface area contributed by atoms with Crippen LogP contribution >= 0.6 is 0 Å². The first kappa shape index (κ1) is 16.7. The molecule has 128 valence electrons. The molecule has 3 aromatic rings. The van der Waals surface area contributed by atoms with E-state index in [4.69, 9.17) is 0 Å². The second kappa shape index (κ2) is 7.61. The monoisotopic (exact) mass is 334 g/mol. The molecule has 0 aliphatic heterocycles. The summed E-state index contributed by atoms with van der Waals surface area (Å²) in [6.45, 7) is 2.12. The van der Waals surface area contributed by atoms with Crippen molar-refractivity contribution in [2.75, 3.05) is 29.6 Å². The van der Waals surface area contributed by atoms with Gasteiger partial charge in [-0.3, -0.25) is 0 Å². The minimum atomic E-state index is 0.468. The molecule has 2 N–H and O–H groups in total. The summed E-state index contributed by atoms with van der Waals surface area (Å²) in [5.74, 6) is 1.11. The van der Waals surface area contributed by atoms with Crippen LogP contribution in [-0.2, 0) is 6.42 Å². The van der Waals surface area contributed by atoms with E-state index in [-0.39, 0.29) is 0 Å². The quantitative estimate of drug-likeness (QED) is 0.710. The molecule has 0 spiro atoms. The Hall–Kier alpha value is -3.15. The lowest BCUT2D eigenvalue weighted by atomic mass is 10.1. The third-order valence-electron chi connectivity index (χ3n) is 3.86. The number of nitrogens with zero attached hydrogens (tertiary/aromatic N) is 4. The Morgan fingerprint density at radius 3 is 2.44 bits per heavy atom. The molecule has 0 bridgehead atoms. The zero-order valence-corrected chi connectivity index (χ0v) is 14.7. The fourth-order valence-corrected chi connectivity index (χ4v) is 2.48. The molecule has 0 aliphatic carbocycles. The van der Waals surface area contributed by atoms with Crippen molar-refractivity contribution in [3.05, 3.63) is 60.3 Å². The van der Waals surface area contributed by atoms with E-state index in [0.29, 0.717) is 11.8 Å². The SMILES string of the molecule is CCc1ccccc1Nc1nncc(Nc2ccc(N(C)C)cc2)n1. The zero-order chi connectivity index (χ0) is 17.6. The van der Waals surface area contributed by atoms with Crippen LogP contribution in [0.4, 0.5) is 28.8 Å². The first-order chi connectivity index (χ1) is 12.2. The molecular formula is C19H22N6. The fourth-order valence-electron chi connectivity index (χ4n) is 2.48. The standard InChI is InChI=1S/C19H22N6/c1-4-14-7-5-6-8-17(14)22-19-23-18(13-20-24-19)21-15-9-11-16(12-10-15)25(2)3/h5-13H,4H2,1-3H3,(H2,21,22,23,24). The molecule has 3 rings (SSSR count). The number of benzene rings is 2. The molecule has 0 saturated heterocycles. The maximum atomic E-state index is 4.49. The summed E-state index contributed by atoms with van der Waals surface area (Å²) in [7, 11) is 4.03. The Kier molecular flexibility index (Phi) is 5.09. The first-order valence-corrected chi connectivity index (χ1v) is 8.25. The summed E-state index contributed by atoms with van der Waals surface area (Å²) < 4.78 is 0. The van der Waals surface area contributed by atoms with Crippen LogP contribution < -0.4 is 15.5 Å². The van der Waals surface area contributed by atoms with Crippen molar-refractivity contribution in [2.24, 2.45) is 0 Å². The maximum absolute atomic E-state index is 4.49. The Bertz CT molecular complexity index is 829. The largest absolute Gasteiger partial charge is 0.378 e. The maximum Gasteiger partial charge on any atom is 0.249 e. The van der Waals surface area contributed by atoms with Crippen LogP contribution in [0.1, 0.15) is 12.5 Å². The molecule has 1 heterocycles. The van der Waals surface area contributed by atoms with Gasteiger partial charge in [0, 0.05) is 31.2 Å². The van der Waals surface area contributed by atoms with Gasteiger partial charge in [0.2, 0.25) is 5.95 Å². The molecule has 0 unspecified atom stereocenters. The molecule has 0 radical (unpaired) electrons. The van der Waals surface area contributed by atoms with Gasteiger partial charge >= 0.3 is 0 Å². The lowest BCUT2D eigenvalue weighted by Crippen LogP contribution is -2.08. The summed E-state index contributed by atoms with van der Waals surface area (Å²) in [5, 5.41) is 14.6. The van der Waals surface area contributed by atoms with Gasteiger partial charge in [0.05, 0.1) is 6.20 Å². The molecule has 0 amide bonds. The Morgan fingerprint density at radius 2 is 1.72 bits per heavy atom. The second-order valence-corrected chi connectivity index (χ2v) is 5.87. The summed E-state index contributed by atoms with van der Waals surface area (Å²) >= 11 is 0. The van der Waals surface area contributed by atoms with Crippen LogP contribution in [0.3, 0.4) is 0 Å². The van der Waals surface area contributed by atoms with Gasteiger partial charge in [-0.25, -0.2) is 0 Å². The summed E-state index contributed by atoms with van der Waals surface area (Å²) in [4.78, 5) is 6.55. The molecule has 0 saturated carbocycles. The molecule has 25 heavy (non-hydrogen) atoms. The fraction of sp³-hybridized carbons (Fsp3) is 0.211. The van der Waals surface area contributed by atoms with Crippen molar-refractivity contribution in [2.45, 2.75) is 13.3 Å². The van der Waals surface area contributed by atoms with E-state index < -0.39 is 0 Å². The van der Waals surface area contributed by atoms with Gasteiger partial charge in [-0.1, -0.05) is 25.1 Å². The number of hydrogen-bond acceptors (Lipinski definition) is 6. The first-order valence-electron chi connectivity index (χ1n) is 8.25. The highest BCUT2D eigenvalue weighted by Gasteiger charge is 2.05. The molecule has 6 heteroatoms.